The van der Waals surface area contributed by atoms with Crippen molar-refractivity contribution in [2.45, 2.75) is 45.8 Å². The van der Waals surface area contributed by atoms with Crippen LogP contribution in [0.2, 0.25) is 0 Å². The van der Waals surface area contributed by atoms with Gasteiger partial charge in [-0.25, -0.2) is 0 Å². The molecule has 2 nitrogen and oxygen atoms in total. The van der Waals surface area contributed by atoms with Crippen LogP contribution in [0.3, 0.4) is 0 Å². The molecule has 0 aromatic heterocycles. The second kappa shape index (κ2) is 3.25. The zero-order chi connectivity index (χ0) is 9.47. The number of rotatable bonds is 3. The van der Waals surface area contributed by atoms with Gasteiger partial charge in [-0.1, -0.05) is 6.92 Å². The fraction of sp³-hybridized carbons (Fsp3) is 1.00. The van der Waals surface area contributed by atoms with Crippen LogP contribution < -0.4 is 5.32 Å². The van der Waals surface area contributed by atoms with E-state index in [-0.39, 0.29) is 0 Å². The SMILES string of the molecule is CCNCC1CC12CC(C)OC2C. The van der Waals surface area contributed by atoms with Crippen LogP contribution in [-0.2, 0) is 4.74 Å². The third-order valence-corrected chi connectivity index (χ3v) is 3.83. The van der Waals surface area contributed by atoms with Gasteiger partial charge in [0.05, 0.1) is 12.2 Å². The quantitative estimate of drug-likeness (QED) is 0.720. The summed E-state index contributed by atoms with van der Waals surface area (Å²) in [4.78, 5) is 0. The molecule has 0 aromatic carbocycles. The van der Waals surface area contributed by atoms with Gasteiger partial charge in [0.25, 0.3) is 0 Å². The fourth-order valence-corrected chi connectivity index (χ4v) is 2.97. The average molecular weight is 183 g/mol. The zero-order valence-corrected chi connectivity index (χ0v) is 8.97. The maximum atomic E-state index is 5.82. The molecule has 2 rings (SSSR count). The van der Waals surface area contributed by atoms with Gasteiger partial charge < -0.3 is 10.1 Å². The van der Waals surface area contributed by atoms with Crippen molar-refractivity contribution < 1.29 is 4.74 Å². The van der Waals surface area contributed by atoms with E-state index in [1.165, 1.54) is 19.4 Å². The second-order valence-corrected chi connectivity index (χ2v) is 4.73. The van der Waals surface area contributed by atoms with Gasteiger partial charge in [0.2, 0.25) is 0 Å². The first-order chi connectivity index (χ1) is 6.19. The van der Waals surface area contributed by atoms with Crippen molar-refractivity contribution in [3.63, 3.8) is 0 Å². The molecule has 0 amide bonds. The van der Waals surface area contributed by atoms with Crippen molar-refractivity contribution in [1.29, 1.82) is 0 Å². The molecule has 76 valence electrons. The average Bonchev–Trinajstić information content (AvgIpc) is 2.68. The van der Waals surface area contributed by atoms with Gasteiger partial charge in [-0.05, 0) is 45.7 Å². The lowest BCUT2D eigenvalue weighted by atomic mass is 9.94. The van der Waals surface area contributed by atoms with Crippen LogP contribution >= 0.6 is 0 Å². The van der Waals surface area contributed by atoms with E-state index >= 15 is 0 Å². The summed E-state index contributed by atoms with van der Waals surface area (Å²) >= 11 is 0. The molecule has 0 radical (unpaired) electrons. The molecule has 1 spiro atoms. The molecule has 1 saturated heterocycles. The predicted molar refractivity (Wildman–Crippen MR) is 53.7 cm³/mol. The Kier molecular flexibility index (Phi) is 2.37. The minimum Gasteiger partial charge on any atom is -0.375 e. The van der Waals surface area contributed by atoms with Crippen molar-refractivity contribution in [2.24, 2.45) is 11.3 Å². The van der Waals surface area contributed by atoms with Crippen molar-refractivity contribution in [3.05, 3.63) is 0 Å². The molecule has 0 bridgehead atoms. The van der Waals surface area contributed by atoms with Crippen molar-refractivity contribution >= 4 is 0 Å². The Labute approximate surface area is 81.0 Å². The van der Waals surface area contributed by atoms with E-state index in [1.807, 2.05) is 0 Å². The number of hydrogen-bond donors (Lipinski definition) is 1. The lowest BCUT2D eigenvalue weighted by Crippen LogP contribution is -2.22. The Hall–Kier alpha value is -0.0800. The molecule has 2 fully saturated rings. The minimum absolute atomic E-state index is 0.488. The molecule has 2 heteroatoms. The van der Waals surface area contributed by atoms with Crippen LogP contribution in [0.1, 0.15) is 33.6 Å². The summed E-state index contributed by atoms with van der Waals surface area (Å²) in [5.74, 6) is 0.882. The molecule has 1 aliphatic carbocycles. The molecular formula is C11H21NO. The smallest absolute Gasteiger partial charge is 0.0611 e. The van der Waals surface area contributed by atoms with E-state index in [1.54, 1.807) is 0 Å². The number of hydrogen-bond acceptors (Lipinski definition) is 2. The first-order valence-electron chi connectivity index (χ1n) is 5.55. The summed E-state index contributed by atoms with van der Waals surface area (Å²) in [5, 5.41) is 3.44. The molecule has 1 N–H and O–H groups in total. The normalized spacial score (nSPS) is 48.7. The lowest BCUT2D eigenvalue weighted by molar-refractivity contribution is 0.0499. The highest BCUT2D eigenvalue weighted by atomic mass is 16.5. The molecule has 2 aliphatic rings. The number of nitrogens with one attached hydrogen (secondary N) is 1. The van der Waals surface area contributed by atoms with E-state index in [9.17, 15) is 0 Å². The van der Waals surface area contributed by atoms with Crippen LogP contribution in [0.25, 0.3) is 0 Å². The Morgan fingerprint density at radius 3 is 2.69 bits per heavy atom. The number of ether oxygens (including phenoxy) is 1. The largest absolute Gasteiger partial charge is 0.375 e. The summed E-state index contributed by atoms with van der Waals surface area (Å²) in [6.07, 6.45) is 3.64. The fourth-order valence-electron chi connectivity index (χ4n) is 2.97. The van der Waals surface area contributed by atoms with E-state index in [0.717, 1.165) is 12.5 Å². The predicted octanol–water partition coefficient (Wildman–Crippen LogP) is 1.80. The highest BCUT2D eigenvalue weighted by Crippen LogP contribution is 2.62. The van der Waals surface area contributed by atoms with E-state index in [4.69, 9.17) is 4.74 Å². The van der Waals surface area contributed by atoms with Gasteiger partial charge >= 0.3 is 0 Å². The first kappa shape index (κ1) is 9.47. The second-order valence-electron chi connectivity index (χ2n) is 4.73. The summed E-state index contributed by atoms with van der Waals surface area (Å²) in [6, 6.07) is 0. The lowest BCUT2D eigenvalue weighted by Gasteiger charge is -2.13. The minimum atomic E-state index is 0.488. The highest BCUT2D eigenvalue weighted by molar-refractivity contribution is 5.10. The molecule has 4 unspecified atom stereocenters. The molecule has 13 heavy (non-hydrogen) atoms. The van der Waals surface area contributed by atoms with Crippen LogP contribution in [0, 0.1) is 11.3 Å². The molecule has 1 saturated carbocycles. The van der Waals surface area contributed by atoms with Gasteiger partial charge in [-0.2, -0.15) is 0 Å². The van der Waals surface area contributed by atoms with Crippen LogP contribution in [0.4, 0.5) is 0 Å². The van der Waals surface area contributed by atoms with E-state index in [2.05, 4.69) is 26.1 Å². The van der Waals surface area contributed by atoms with Gasteiger partial charge in [-0.3, -0.25) is 0 Å². The molecule has 4 atom stereocenters. The van der Waals surface area contributed by atoms with Gasteiger partial charge in [0, 0.05) is 5.41 Å². The van der Waals surface area contributed by atoms with E-state index < -0.39 is 0 Å². The van der Waals surface area contributed by atoms with Crippen LogP contribution in [-0.4, -0.2) is 25.3 Å². The van der Waals surface area contributed by atoms with Gasteiger partial charge in [0.1, 0.15) is 0 Å². The topological polar surface area (TPSA) is 21.3 Å². The highest BCUT2D eigenvalue weighted by Gasteiger charge is 2.61. The maximum absolute atomic E-state index is 5.82. The Balaban J connectivity index is 1.87. The monoisotopic (exact) mass is 183 g/mol. The summed E-state index contributed by atoms with van der Waals surface area (Å²) < 4.78 is 5.82. The Morgan fingerprint density at radius 1 is 1.38 bits per heavy atom. The van der Waals surface area contributed by atoms with Crippen LogP contribution in [0.15, 0.2) is 0 Å². The summed E-state index contributed by atoms with van der Waals surface area (Å²) in [5.41, 5.74) is 0.557. The Bertz CT molecular complexity index is 195. The molecule has 1 aliphatic heterocycles. The standard InChI is InChI=1S/C11H21NO/c1-4-12-7-10-6-11(10)5-8(2)13-9(11)3/h8-10,12H,4-7H2,1-3H3. The summed E-state index contributed by atoms with van der Waals surface area (Å²) in [6.45, 7) is 8.91. The van der Waals surface area contributed by atoms with Gasteiger partial charge in [0.15, 0.2) is 0 Å². The van der Waals surface area contributed by atoms with Crippen molar-refractivity contribution in [3.8, 4) is 0 Å². The zero-order valence-electron chi connectivity index (χ0n) is 8.97. The third kappa shape index (κ3) is 1.50. The summed E-state index contributed by atoms with van der Waals surface area (Å²) in [7, 11) is 0. The van der Waals surface area contributed by atoms with Crippen molar-refractivity contribution in [2.75, 3.05) is 13.1 Å². The molecule has 1 heterocycles. The maximum Gasteiger partial charge on any atom is 0.0611 e. The van der Waals surface area contributed by atoms with E-state index in [0.29, 0.717) is 17.6 Å². The Morgan fingerprint density at radius 2 is 2.15 bits per heavy atom. The van der Waals surface area contributed by atoms with Crippen molar-refractivity contribution in [1.82, 2.24) is 5.32 Å². The first-order valence-corrected chi connectivity index (χ1v) is 5.55. The van der Waals surface area contributed by atoms with Gasteiger partial charge in [-0.15, -0.1) is 0 Å². The third-order valence-electron chi connectivity index (χ3n) is 3.83. The van der Waals surface area contributed by atoms with Crippen LogP contribution in [0.5, 0.6) is 0 Å². The molecular weight excluding hydrogens is 162 g/mol. The molecule has 0 aromatic rings.